The standard InChI is InChI=1S/C18H19FN2O3S/c1-18(2,3)24-17(23)8-16-21-14(9-25-16)11-6-10-4-5-15(22)20-13(10)7-12(11)19/h6-7,9H,4-5,8H2,1-3H3,(H,20,22). The zero-order valence-electron chi connectivity index (χ0n) is 14.3. The number of carbonyl (C=O) groups is 2. The Labute approximate surface area is 149 Å². The van der Waals surface area contributed by atoms with Gasteiger partial charge < -0.3 is 10.1 Å². The van der Waals surface area contributed by atoms with Crippen LogP contribution in [-0.2, 0) is 27.2 Å². The summed E-state index contributed by atoms with van der Waals surface area (Å²) in [5.74, 6) is -0.912. The minimum atomic E-state index is -0.549. The van der Waals surface area contributed by atoms with Gasteiger partial charge >= 0.3 is 5.97 Å². The van der Waals surface area contributed by atoms with E-state index in [9.17, 15) is 14.0 Å². The highest BCUT2D eigenvalue weighted by Gasteiger charge is 2.21. The van der Waals surface area contributed by atoms with Crippen molar-refractivity contribution in [1.29, 1.82) is 0 Å². The average molecular weight is 362 g/mol. The highest BCUT2D eigenvalue weighted by molar-refractivity contribution is 7.10. The summed E-state index contributed by atoms with van der Waals surface area (Å²) in [6.45, 7) is 5.42. The Morgan fingerprint density at radius 3 is 2.84 bits per heavy atom. The van der Waals surface area contributed by atoms with E-state index in [1.165, 1.54) is 17.4 Å². The lowest BCUT2D eigenvalue weighted by atomic mass is 9.99. The first kappa shape index (κ1) is 17.5. The van der Waals surface area contributed by atoms with Crippen molar-refractivity contribution in [3.05, 3.63) is 33.9 Å². The van der Waals surface area contributed by atoms with E-state index in [1.54, 1.807) is 32.2 Å². The molecule has 0 unspecified atom stereocenters. The van der Waals surface area contributed by atoms with Crippen molar-refractivity contribution >= 4 is 28.9 Å². The monoisotopic (exact) mass is 362 g/mol. The maximum Gasteiger partial charge on any atom is 0.313 e. The van der Waals surface area contributed by atoms with Crippen molar-refractivity contribution < 1.29 is 18.7 Å². The number of aromatic nitrogens is 1. The number of aryl methyl sites for hydroxylation is 1. The Balaban J connectivity index is 1.81. The van der Waals surface area contributed by atoms with Crippen LogP contribution in [0.5, 0.6) is 0 Å². The third kappa shape index (κ3) is 4.22. The third-order valence-electron chi connectivity index (χ3n) is 3.63. The number of fused-ring (bicyclic) bond motifs is 1. The fraction of sp³-hybridized carbons (Fsp3) is 0.389. The molecule has 5 nitrogen and oxygen atoms in total. The zero-order chi connectivity index (χ0) is 18.2. The second-order valence-corrected chi connectivity index (χ2v) is 7.87. The first-order valence-corrected chi connectivity index (χ1v) is 8.88. The number of carbonyl (C=O) groups excluding carboxylic acids is 2. The Kier molecular flexibility index (Phi) is 4.60. The molecule has 0 radical (unpaired) electrons. The molecule has 0 saturated carbocycles. The molecule has 2 heterocycles. The van der Waals surface area contributed by atoms with Gasteiger partial charge in [-0.15, -0.1) is 11.3 Å². The second kappa shape index (κ2) is 6.55. The number of hydrogen-bond acceptors (Lipinski definition) is 5. The summed E-state index contributed by atoms with van der Waals surface area (Å²) in [5, 5.41) is 4.98. The summed E-state index contributed by atoms with van der Waals surface area (Å²) in [4.78, 5) is 27.7. The first-order valence-electron chi connectivity index (χ1n) is 8.00. The molecule has 25 heavy (non-hydrogen) atoms. The van der Waals surface area contributed by atoms with Crippen LogP contribution in [-0.4, -0.2) is 22.5 Å². The maximum atomic E-state index is 14.4. The molecule has 1 aromatic carbocycles. The first-order chi connectivity index (χ1) is 11.7. The van der Waals surface area contributed by atoms with Gasteiger partial charge in [-0.3, -0.25) is 9.59 Å². The van der Waals surface area contributed by atoms with Crippen LogP contribution in [0.3, 0.4) is 0 Å². The van der Waals surface area contributed by atoms with Crippen molar-refractivity contribution in [2.24, 2.45) is 0 Å². The van der Waals surface area contributed by atoms with Crippen LogP contribution in [0.25, 0.3) is 11.3 Å². The minimum absolute atomic E-state index is 0.0601. The summed E-state index contributed by atoms with van der Waals surface area (Å²) in [6.07, 6.45) is 1.02. The Morgan fingerprint density at radius 1 is 1.36 bits per heavy atom. The summed E-state index contributed by atoms with van der Waals surface area (Å²) in [7, 11) is 0. The molecule has 1 N–H and O–H groups in total. The number of ether oxygens (including phenoxy) is 1. The highest BCUT2D eigenvalue weighted by atomic mass is 32.1. The summed E-state index contributed by atoms with van der Waals surface area (Å²) < 4.78 is 19.7. The topological polar surface area (TPSA) is 68.3 Å². The molecular weight excluding hydrogens is 343 g/mol. The van der Waals surface area contributed by atoms with Crippen LogP contribution in [0.1, 0.15) is 37.8 Å². The number of anilines is 1. The number of rotatable bonds is 3. The largest absolute Gasteiger partial charge is 0.460 e. The summed E-state index contributed by atoms with van der Waals surface area (Å²) in [5.41, 5.74) is 1.72. The molecule has 1 aliphatic rings. The number of nitrogens with zero attached hydrogens (tertiary/aromatic N) is 1. The van der Waals surface area contributed by atoms with Gasteiger partial charge in [0.15, 0.2) is 0 Å². The van der Waals surface area contributed by atoms with Crippen molar-refractivity contribution in [2.45, 2.75) is 45.6 Å². The van der Waals surface area contributed by atoms with Gasteiger partial charge in [0.25, 0.3) is 0 Å². The number of benzene rings is 1. The Bertz CT molecular complexity index is 839. The van der Waals surface area contributed by atoms with E-state index < -0.39 is 11.4 Å². The molecule has 0 aliphatic carbocycles. The fourth-order valence-corrected chi connectivity index (χ4v) is 3.39. The molecule has 7 heteroatoms. The van der Waals surface area contributed by atoms with Gasteiger partial charge in [0, 0.05) is 23.1 Å². The molecule has 0 saturated heterocycles. The van der Waals surface area contributed by atoms with Crippen LogP contribution in [0, 0.1) is 5.82 Å². The molecule has 3 rings (SSSR count). The number of esters is 1. The number of halogens is 1. The predicted molar refractivity (Wildman–Crippen MR) is 94.0 cm³/mol. The maximum absolute atomic E-state index is 14.4. The van der Waals surface area contributed by atoms with Crippen LogP contribution in [0.15, 0.2) is 17.5 Å². The molecule has 132 valence electrons. The second-order valence-electron chi connectivity index (χ2n) is 6.93. The van der Waals surface area contributed by atoms with E-state index in [-0.39, 0.29) is 18.3 Å². The van der Waals surface area contributed by atoms with Crippen molar-refractivity contribution in [2.75, 3.05) is 5.32 Å². The van der Waals surface area contributed by atoms with E-state index in [0.717, 1.165) is 5.56 Å². The lowest BCUT2D eigenvalue weighted by Crippen LogP contribution is -2.24. The molecular formula is C18H19FN2O3S. The number of amides is 1. The van der Waals surface area contributed by atoms with Gasteiger partial charge in [-0.2, -0.15) is 0 Å². The lowest BCUT2D eigenvalue weighted by molar-refractivity contribution is -0.153. The average Bonchev–Trinajstić information content (AvgIpc) is 2.92. The van der Waals surface area contributed by atoms with E-state index in [0.29, 0.717) is 34.8 Å². The number of hydrogen-bond donors (Lipinski definition) is 1. The van der Waals surface area contributed by atoms with Crippen LogP contribution < -0.4 is 5.32 Å². The molecule has 1 amide bonds. The minimum Gasteiger partial charge on any atom is -0.460 e. The van der Waals surface area contributed by atoms with Crippen LogP contribution in [0.4, 0.5) is 10.1 Å². The quantitative estimate of drug-likeness (QED) is 0.845. The molecule has 0 fully saturated rings. The molecule has 0 bridgehead atoms. The van der Waals surface area contributed by atoms with Crippen molar-refractivity contribution in [3.8, 4) is 11.3 Å². The van der Waals surface area contributed by atoms with Crippen molar-refractivity contribution in [1.82, 2.24) is 4.98 Å². The predicted octanol–water partition coefficient (Wildman–Crippen LogP) is 3.72. The SMILES string of the molecule is CC(C)(C)OC(=O)Cc1nc(-c2cc3c(cc2F)NC(=O)CC3)cs1. The van der Waals surface area contributed by atoms with Gasteiger partial charge in [0.2, 0.25) is 5.91 Å². The number of nitrogens with one attached hydrogen (secondary N) is 1. The number of thiazole rings is 1. The smallest absolute Gasteiger partial charge is 0.313 e. The van der Waals surface area contributed by atoms with Gasteiger partial charge in [0.1, 0.15) is 16.4 Å². The van der Waals surface area contributed by atoms with Crippen LogP contribution in [0.2, 0.25) is 0 Å². The summed E-state index contributed by atoms with van der Waals surface area (Å²) in [6, 6.07) is 3.05. The molecule has 1 aliphatic heterocycles. The highest BCUT2D eigenvalue weighted by Crippen LogP contribution is 2.32. The van der Waals surface area contributed by atoms with E-state index in [1.807, 2.05) is 0 Å². The fourth-order valence-electron chi connectivity index (χ4n) is 2.62. The van der Waals surface area contributed by atoms with Crippen molar-refractivity contribution in [3.63, 3.8) is 0 Å². The zero-order valence-corrected chi connectivity index (χ0v) is 15.1. The molecule has 0 spiro atoms. The lowest BCUT2D eigenvalue weighted by Gasteiger charge is -2.18. The van der Waals surface area contributed by atoms with Gasteiger partial charge in [0.05, 0.1) is 12.1 Å². The molecule has 0 atom stereocenters. The summed E-state index contributed by atoms with van der Waals surface area (Å²) >= 11 is 1.30. The van der Waals surface area contributed by atoms with E-state index in [4.69, 9.17) is 4.74 Å². The third-order valence-corrected chi connectivity index (χ3v) is 4.48. The van der Waals surface area contributed by atoms with Crippen LogP contribution >= 0.6 is 11.3 Å². The Hall–Kier alpha value is -2.28. The van der Waals surface area contributed by atoms with Gasteiger partial charge in [-0.25, -0.2) is 9.37 Å². The normalized spacial score (nSPS) is 14.0. The van der Waals surface area contributed by atoms with Gasteiger partial charge in [-0.05, 0) is 44.9 Å². The van der Waals surface area contributed by atoms with E-state index >= 15 is 0 Å². The molecule has 1 aromatic heterocycles. The Morgan fingerprint density at radius 2 is 2.12 bits per heavy atom. The van der Waals surface area contributed by atoms with E-state index in [2.05, 4.69) is 10.3 Å². The van der Waals surface area contributed by atoms with Gasteiger partial charge in [-0.1, -0.05) is 0 Å². The molecule has 2 aromatic rings.